The number of aryl methyl sites for hydroxylation is 1. The highest BCUT2D eigenvalue weighted by Gasteiger charge is 2.54. The van der Waals surface area contributed by atoms with Crippen molar-refractivity contribution in [1.82, 2.24) is 19.9 Å². The lowest BCUT2D eigenvalue weighted by atomic mass is 10.1. The first-order chi connectivity index (χ1) is 13.3. The van der Waals surface area contributed by atoms with Gasteiger partial charge in [0.05, 0.1) is 18.0 Å². The molecule has 3 aromatic rings. The molecule has 1 aliphatic rings. The molecule has 3 aromatic heterocycles. The molecule has 1 aliphatic carbocycles. The standard InChI is InChI=1S/C18H14F3N5O2/c1-9-6-13(14-10(7-22)4-5-28-14)24-15-12(8-23-26(9)15)16(27)25-18(21,17(19)20)11-2-3-11/h4-6,8,11,17H,2-3H2,1H3,(H,25,27). The zero-order valence-electron chi connectivity index (χ0n) is 14.6. The van der Waals surface area contributed by atoms with Crippen LogP contribution < -0.4 is 5.32 Å². The summed E-state index contributed by atoms with van der Waals surface area (Å²) in [7, 11) is 0. The summed E-state index contributed by atoms with van der Waals surface area (Å²) in [6, 6.07) is 5.04. The molecule has 3 heterocycles. The minimum absolute atomic E-state index is 0.0419. The highest BCUT2D eigenvalue weighted by molar-refractivity contribution is 6.00. The molecule has 28 heavy (non-hydrogen) atoms. The lowest BCUT2D eigenvalue weighted by Gasteiger charge is -2.25. The number of rotatable bonds is 5. The van der Waals surface area contributed by atoms with Crippen LogP contribution in [0.15, 0.2) is 29.0 Å². The van der Waals surface area contributed by atoms with Gasteiger partial charge in [0, 0.05) is 11.6 Å². The SMILES string of the molecule is Cc1cc(-c2occc2C#N)nc2c(C(=O)NC(F)(C(F)F)C3CC3)cnn12. The third kappa shape index (κ3) is 2.79. The quantitative estimate of drug-likeness (QED) is 0.676. The summed E-state index contributed by atoms with van der Waals surface area (Å²) >= 11 is 0. The predicted octanol–water partition coefficient (Wildman–Crippen LogP) is 3.24. The smallest absolute Gasteiger partial charge is 0.290 e. The Morgan fingerprint density at radius 3 is 2.89 bits per heavy atom. The van der Waals surface area contributed by atoms with Crippen LogP contribution in [-0.2, 0) is 0 Å². The van der Waals surface area contributed by atoms with E-state index in [0.29, 0.717) is 5.69 Å². The van der Waals surface area contributed by atoms with E-state index in [1.54, 1.807) is 13.0 Å². The van der Waals surface area contributed by atoms with Gasteiger partial charge in [0.25, 0.3) is 12.3 Å². The van der Waals surface area contributed by atoms with Gasteiger partial charge in [-0.2, -0.15) is 10.4 Å². The van der Waals surface area contributed by atoms with Gasteiger partial charge in [-0.05, 0) is 31.9 Å². The van der Waals surface area contributed by atoms with Gasteiger partial charge in [0.2, 0.25) is 5.79 Å². The molecule has 10 heteroatoms. The van der Waals surface area contributed by atoms with Gasteiger partial charge >= 0.3 is 0 Å². The highest BCUT2D eigenvalue weighted by Crippen LogP contribution is 2.44. The van der Waals surface area contributed by atoms with Crippen LogP contribution in [0.1, 0.15) is 34.5 Å². The first-order valence-electron chi connectivity index (χ1n) is 8.48. The fraction of sp³-hybridized carbons (Fsp3) is 0.333. The number of carbonyl (C=O) groups excluding carboxylic acids is 1. The third-order valence-corrected chi connectivity index (χ3v) is 4.71. The second-order valence-corrected chi connectivity index (χ2v) is 6.65. The molecule has 0 spiro atoms. The van der Waals surface area contributed by atoms with Crippen molar-refractivity contribution < 1.29 is 22.4 Å². The number of aromatic nitrogens is 3. The molecular weight excluding hydrogens is 375 g/mol. The third-order valence-electron chi connectivity index (χ3n) is 4.71. The monoisotopic (exact) mass is 389 g/mol. The molecule has 7 nitrogen and oxygen atoms in total. The van der Waals surface area contributed by atoms with Gasteiger partial charge in [0.15, 0.2) is 11.4 Å². The maximum absolute atomic E-state index is 14.6. The number of nitrogens with zero attached hydrogens (tertiary/aromatic N) is 4. The Balaban J connectivity index is 1.76. The van der Waals surface area contributed by atoms with Gasteiger partial charge in [-0.15, -0.1) is 0 Å². The second-order valence-electron chi connectivity index (χ2n) is 6.65. The van der Waals surface area contributed by atoms with Gasteiger partial charge in [-0.25, -0.2) is 22.7 Å². The lowest BCUT2D eigenvalue weighted by molar-refractivity contribution is -0.0670. The topological polar surface area (TPSA) is 96.2 Å². The maximum atomic E-state index is 14.6. The number of alkyl halides is 3. The molecular formula is C18H14F3N5O2. The zero-order valence-corrected chi connectivity index (χ0v) is 14.6. The van der Waals surface area contributed by atoms with Crippen molar-refractivity contribution >= 4 is 11.6 Å². The van der Waals surface area contributed by atoms with Crippen molar-refractivity contribution in [3.8, 4) is 17.5 Å². The molecule has 0 radical (unpaired) electrons. The number of carbonyl (C=O) groups is 1. The predicted molar refractivity (Wildman–Crippen MR) is 90.2 cm³/mol. The Labute approximate surface area is 156 Å². The average Bonchev–Trinajstić information content (AvgIpc) is 3.25. The Morgan fingerprint density at radius 1 is 1.50 bits per heavy atom. The van der Waals surface area contributed by atoms with Crippen molar-refractivity contribution in [2.45, 2.75) is 32.0 Å². The van der Waals surface area contributed by atoms with E-state index < -0.39 is 24.0 Å². The molecule has 1 unspecified atom stereocenters. The van der Waals surface area contributed by atoms with E-state index in [4.69, 9.17) is 9.68 Å². The molecule has 0 aliphatic heterocycles. The molecule has 1 N–H and O–H groups in total. The van der Waals surface area contributed by atoms with E-state index in [-0.39, 0.29) is 41.1 Å². The summed E-state index contributed by atoms with van der Waals surface area (Å²) in [6.45, 7) is 1.69. The number of nitrogens with one attached hydrogen (secondary N) is 1. The van der Waals surface area contributed by atoms with Crippen molar-refractivity contribution in [3.63, 3.8) is 0 Å². The van der Waals surface area contributed by atoms with Gasteiger partial charge in [-0.1, -0.05) is 0 Å². The first-order valence-corrected chi connectivity index (χ1v) is 8.48. The first kappa shape index (κ1) is 18.0. The van der Waals surface area contributed by atoms with E-state index in [0.717, 1.165) is 6.20 Å². The number of amides is 1. The number of hydrogen-bond donors (Lipinski definition) is 1. The number of halogens is 3. The normalized spacial score (nSPS) is 16.1. The van der Waals surface area contributed by atoms with Crippen molar-refractivity contribution in [3.05, 3.63) is 41.4 Å². The zero-order chi connectivity index (χ0) is 20.1. The summed E-state index contributed by atoms with van der Waals surface area (Å²) in [5.41, 5.74) is 0.958. The molecule has 1 fully saturated rings. The molecule has 1 atom stereocenters. The summed E-state index contributed by atoms with van der Waals surface area (Å²) in [6.07, 6.45) is -0.313. The molecule has 1 saturated carbocycles. The number of hydrogen-bond acceptors (Lipinski definition) is 5. The van der Waals surface area contributed by atoms with E-state index >= 15 is 0 Å². The summed E-state index contributed by atoms with van der Waals surface area (Å²) in [4.78, 5) is 16.8. The minimum Gasteiger partial charge on any atom is -0.461 e. The largest absolute Gasteiger partial charge is 0.461 e. The van der Waals surface area contributed by atoms with Gasteiger partial charge in [0.1, 0.15) is 17.3 Å². The van der Waals surface area contributed by atoms with E-state index in [9.17, 15) is 18.0 Å². The van der Waals surface area contributed by atoms with Crippen molar-refractivity contribution in [2.75, 3.05) is 0 Å². The fourth-order valence-corrected chi connectivity index (χ4v) is 3.06. The molecule has 4 rings (SSSR count). The molecule has 0 bridgehead atoms. The van der Waals surface area contributed by atoms with E-state index in [1.165, 1.54) is 16.8 Å². The molecule has 0 saturated heterocycles. The average molecular weight is 389 g/mol. The van der Waals surface area contributed by atoms with Crippen LogP contribution in [0.25, 0.3) is 17.1 Å². The van der Waals surface area contributed by atoms with E-state index in [2.05, 4.69) is 10.1 Å². The van der Waals surface area contributed by atoms with E-state index in [1.807, 2.05) is 11.4 Å². The highest BCUT2D eigenvalue weighted by atomic mass is 19.3. The van der Waals surface area contributed by atoms with Crippen LogP contribution >= 0.6 is 0 Å². The summed E-state index contributed by atoms with van der Waals surface area (Å²) in [5.74, 6) is -4.84. The van der Waals surface area contributed by atoms with Gasteiger partial charge < -0.3 is 9.73 Å². The van der Waals surface area contributed by atoms with Crippen LogP contribution in [0.2, 0.25) is 0 Å². The Kier molecular flexibility index (Phi) is 4.10. The van der Waals surface area contributed by atoms with Crippen LogP contribution in [0, 0.1) is 24.2 Å². The number of fused-ring (bicyclic) bond motifs is 1. The second kappa shape index (κ2) is 6.37. The van der Waals surface area contributed by atoms with Crippen LogP contribution in [0.5, 0.6) is 0 Å². The molecule has 0 aromatic carbocycles. The minimum atomic E-state index is -3.35. The van der Waals surface area contributed by atoms with Crippen molar-refractivity contribution in [2.24, 2.45) is 5.92 Å². The Hall–Kier alpha value is -3.35. The fourth-order valence-electron chi connectivity index (χ4n) is 3.06. The van der Waals surface area contributed by atoms with Crippen LogP contribution in [0.3, 0.4) is 0 Å². The Morgan fingerprint density at radius 2 is 2.25 bits per heavy atom. The maximum Gasteiger partial charge on any atom is 0.290 e. The molecule has 1 amide bonds. The van der Waals surface area contributed by atoms with Gasteiger partial charge in [-0.3, -0.25) is 4.79 Å². The number of nitriles is 1. The Bertz CT molecular complexity index is 1110. The lowest BCUT2D eigenvalue weighted by Crippen LogP contribution is -2.52. The number of furan rings is 1. The summed E-state index contributed by atoms with van der Waals surface area (Å²) in [5, 5.41) is 15.0. The van der Waals surface area contributed by atoms with Crippen LogP contribution in [-0.4, -0.2) is 32.7 Å². The summed E-state index contributed by atoms with van der Waals surface area (Å²) < 4.78 is 47.7. The van der Waals surface area contributed by atoms with Crippen molar-refractivity contribution in [1.29, 1.82) is 5.26 Å². The van der Waals surface area contributed by atoms with Crippen LogP contribution in [0.4, 0.5) is 13.2 Å². The molecule has 144 valence electrons.